The molecule has 152 valence electrons. The van der Waals surface area contributed by atoms with Crippen molar-refractivity contribution in [2.75, 3.05) is 33.4 Å². The summed E-state index contributed by atoms with van der Waals surface area (Å²) in [7, 11) is -2.39. The Bertz CT molecular complexity index is 926. The molecule has 6 nitrogen and oxygen atoms in total. The van der Waals surface area contributed by atoms with Gasteiger partial charge in [-0.3, -0.25) is 4.90 Å². The van der Waals surface area contributed by atoms with Crippen molar-refractivity contribution in [3.63, 3.8) is 0 Å². The van der Waals surface area contributed by atoms with Crippen LogP contribution < -0.4 is 14.2 Å². The molecule has 2 aromatic carbocycles. The number of likely N-dealkylation sites (tertiary alicyclic amines) is 1. The number of rotatable bonds is 8. The molecular formula is C19H22ClFN2O4S. The number of nitrogens with zero attached hydrogens (tertiary/aromatic N) is 1. The van der Waals surface area contributed by atoms with Crippen LogP contribution >= 0.6 is 11.6 Å². The zero-order valence-corrected chi connectivity index (χ0v) is 17.0. The highest BCUT2D eigenvalue weighted by Gasteiger charge is 2.29. The minimum atomic E-state index is -3.98. The van der Waals surface area contributed by atoms with E-state index in [1.807, 2.05) is 24.3 Å². The Morgan fingerprint density at radius 2 is 1.96 bits per heavy atom. The average Bonchev–Trinajstić information content (AvgIpc) is 3.10. The van der Waals surface area contributed by atoms with Gasteiger partial charge in [-0.2, -0.15) is 0 Å². The van der Waals surface area contributed by atoms with Gasteiger partial charge in [0.05, 0.1) is 12.1 Å². The maximum atomic E-state index is 14.0. The van der Waals surface area contributed by atoms with E-state index in [1.165, 1.54) is 18.2 Å². The third kappa shape index (κ3) is 4.94. The quantitative estimate of drug-likeness (QED) is 0.700. The fraction of sp³-hybridized carbons (Fsp3) is 0.368. The molecule has 1 fully saturated rings. The van der Waals surface area contributed by atoms with Gasteiger partial charge in [0.1, 0.15) is 11.5 Å². The molecule has 0 aliphatic carbocycles. The molecule has 1 atom stereocenters. The smallest absolute Gasteiger partial charge is 0.243 e. The normalized spacial score (nSPS) is 17.6. The fourth-order valence-electron chi connectivity index (χ4n) is 3.13. The number of halogens is 2. The van der Waals surface area contributed by atoms with Crippen molar-refractivity contribution in [3.05, 3.63) is 53.3 Å². The summed E-state index contributed by atoms with van der Waals surface area (Å²) >= 11 is 5.69. The van der Waals surface area contributed by atoms with Crippen molar-refractivity contribution in [2.24, 2.45) is 0 Å². The first-order valence-electron chi connectivity index (χ1n) is 8.85. The monoisotopic (exact) mass is 428 g/mol. The summed E-state index contributed by atoms with van der Waals surface area (Å²) in [6, 6.07) is 11.0. The van der Waals surface area contributed by atoms with Gasteiger partial charge >= 0.3 is 0 Å². The van der Waals surface area contributed by atoms with E-state index in [0.29, 0.717) is 37.6 Å². The molecule has 0 saturated carbocycles. The molecule has 1 aliphatic heterocycles. The summed E-state index contributed by atoms with van der Waals surface area (Å²) in [6.07, 6.45) is 0.635. The van der Waals surface area contributed by atoms with Crippen LogP contribution in [0.1, 0.15) is 6.42 Å². The fourth-order valence-corrected chi connectivity index (χ4v) is 4.72. The number of ether oxygens (including phenoxy) is 2. The summed E-state index contributed by atoms with van der Waals surface area (Å²) in [5.74, 6) is 0.396. The number of hydrogen-bond donors (Lipinski definition) is 1. The van der Waals surface area contributed by atoms with Crippen molar-refractivity contribution in [1.29, 1.82) is 0 Å². The van der Waals surface area contributed by atoms with Gasteiger partial charge in [0.2, 0.25) is 10.0 Å². The molecule has 2 aromatic rings. The number of sulfonamides is 1. The van der Waals surface area contributed by atoms with Crippen LogP contribution in [0.15, 0.2) is 47.4 Å². The molecule has 3 rings (SSSR count). The van der Waals surface area contributed by atoms with E-state index >= 15 is 0 Å². The van der Waals surface area contributed by atoms with Crippen LogP contribution in [0.5, 0.6) is 11.5 Å². The second kappa shape index (κ2) is 9.09. The first kappa shape index (κ1) is 20.9. The van der Waals surface area contributed by atoms with Crippen LogP contribution in [0.25, 0.3) is 0 Å². The molecule has 1 aliphatic rings. The van der Waals surface area contributed by atoms with E-state index in [1.54, 1.807) is 7.11 Å². The predicted octanol–water partition coefficient (Wildman–Crippen LogP) is 2.92. The van der Waals surface area contributed by atoms with Gasteiger partial charge in [-0.1, -0.05) is 29.8 Å². The van der Waals surface area contributed by atoms with Gasteiger partial charge in [-0.05, 0) is 37.2 Å². The first-order chi connectivity index (χ1) is 13.4. The first-order valence-corrected chi connectivity index (χ1v) is 10.7. The third-order valence-electron chi connectivity index (χ3n) is 4.53. The minimum absolute atomic E-state index is 0.218. The highest BCUT2D eigenvalue weighted by molar-refractivity contribution is 7.89. The van der Waals surface area contributed by atoms with Crippen LogP contribution in [-0.2, 0) is 10.0 Å². The summed E-state index contributed by atoms with van der Waals surface area (Å²) in [5, 5.41) is -0.218. The highest BCUT2D eigenvalue weighted by Crippen LogP contribution is 2.26. The molecule has 0 spiro atoms. The molecule has 28 heavy (non-hydrogen) atoms. The topological polar surface area (TPSA) is 67.9 Å². The van der Waals surface area contributed by atoms with Crippen molar-refractivity contribution in [2.45, 2.75) is 17.4 Å². The van der Waals surface area contributed by atoms with E-state index in [4.69, 9.17) is 21.1 Å². The molecule has 0 unspecified atom stereocenters. The lowest BCUT2D eigenvalue weighted by atomic mass is 10.3. The number of nitrogens with one attached hydrogen (secondary N) is 1. The molecule has 0 amide bonds. The Labute approximate surface area is 169 Å². The molecule has 1 heterocycles. The van der Waals surface area contributed by atoms with Crippen molar-refractivity contribution >= 4 is 21.6 Å². The van der Waals surface area contributed by atoms with Gasteiger partial charge in [-0.25, -0.2) is 17.5 Å². The number of hydrogen-bond acceptors (Lipinski definition) is 5. The average molecular weight is 429 g/mol. The van der Waals surface area contributed by atoms with E-state index in [2.05, 4.69) is 9.62 Å². The number of methoxy groups -OCH3 is 1. The van der Waals surface area contributed by atoms with Crippen LogP contribution in [-0.4, -0.2) is 52.7 Å². The Balaban J connectivity index is 1.52. The SMILES string of the molecule is COc1ccccc1OCCN1CC[C@@H](NS(=O)(=O)c2cccc(Cl)c2F)C1. The Morgan fingerprint density at radius 3 is 2.71 bits per heavy atom. The lowest BCUT2D eigenvalue weighted by Gasteiger charge is -2.18. The van der Waals surface area contributed by atoms with Gasteiger partial charge < -0.3 is 9.47 Å². The largest absolute Gasteiger partial charge is 0.493 e. The van der Waals surface area contributed by atoms with Crippen molar-refractivity contribution in [3.8, 4) is 11.5 Å². The van der Waals surface area contributed by atoms with E-state index < -0.39 is 20.7 Å². The third-order valence-corrected chi connectivity index (χ3v) is 6.36. The van der Waals surface area contributed by atoms with E-state index in [9.17, 15) is 12.8 Å². The predicted molar refractivity (Wildman–Crippen MR) is 105 cm³/mol. The maximum Gasteiger partial charge on any atom is 0.243 e. The van der Waals surface area contributed by atoms with Gasteiger partial charge in [0.15, 0.2) is 17.3 Å². The highest BCUT2D eigenvalue weighted by atomic mass is 35.5. The van der Waals surface area contributed by atoms with Crippen LogP contribution in [0.4, 0.5) is 4.39 Å². The summed E-state index contributed by atoms with van der Waals surface area (Å²) < 4.78 is 52.6. The molecule has 0 bridgehead atoms. The van der Waals surface area contributed by atoms with Crippen molar-refractivity contribution in [1.82, 2.24) is 9.62 Å². The Kier molecular flexibility index (Phi) is 6.77. The van der Waals surface area contributed by atoms with Gasteiger partial charge in [-0.15, -0.1) is 0 Å². The van der Waals surface area contributed by atoms with Crippen molar-refractivity contribution < 1.29 is 22.3 Å². The van der Waals surface area contributed by atoms with Crippen LogP contribution in [0, 0.1) is 5.82 Å². The molecule has 0 aromatic heterocycles. The molecule has 0 radical (unpaired) electrons. The van der Waals surface area contributed by atoms with Crippen LogP contribution in [0.3, 0.4) is 0 Å². The van der Waals surface area contributed by atoms with Gasteiger partial charge in [0, 0.05) is 19.1 Å². The van der Waals surface area contributed by atoms with Gasteiger partial charge in [0.25, 0.3) is 0 Å². The Morgan fingerprint density at radius 1 is 1.21 bits per heavy atom. The second-order valence-electron chi connectivity index (χ2n) is 6.46. The van der Waals surface area contributed by atoms with E-state index in [-0.39, 0.29) is 11.1 Å². The zero-order valence-electron chi connectivity index (χ0n) is 15.4. The maximum absolute atomic E-state index is 14.0. The summed E-state index contributed by atoms with van der Waals surface area (Å²) in [6.45, 7) is 2.34. The second-order valence-corrected chi connectivity index (χ2v) is 8.55. The standard InChI is InChI=1S/C19H22ClFN2O4S/c1-26-16-6-2-3-7-17(16)27-12-11-23-10-9-14(13-23)22-28(24,25)18-8-4-5-15(20)19(18)21/h2-8,14,22H,9-13H2,1H3/t14-/m1/s1. The lowest BCUT2D eigenvalue weighted by molar-refractivity contribution is 0.228. The molecule has 1 saturated heterocycles. The Hall–Kier alpha value is -1.87. The zero-order chi connectivity index (χ0) is 20.1. The summed E-state index contributed by atoms with van der Waals surface area (Å²) in [4.78, 5) is 1.66. The molecule has 1 N–H and O–H groups in total. The minimum Gasteiger partial charge on any atom is -0.493 e. The molecular weight excluding hydrogens is 407 g/mol. The number of benzene rings is 2. The van der Waals surface area contributed by atoms with E-state index in [0.717, 1.165) is 6.54 Å². The molecule has 9 heteroatoms. The number of para-hydroxylation sites is 2. The summed E-state index contributed by atoms with van der Waals surface area (Å²) in [5.41, 5.74) is 0. The van der Waals surface area contributed by atoms with Crippen LogP contribution in [0.2, 0.25) is 5.02 Å². The lowest BCUT2D eigenvalue weighted by Crippen LogP contribution is -2.38.